The minimum atomic E-state index is -0.180. The second kappa shape index (κ2) is 11.8. The van der Waals surface area contributed by atoms with E-state index in [4.69, 9.17) is 14.2 Å². The van der Waals surface area contributed by atoms with Crippen LogP contribution in [-0.4, -0.2) is 45.4 Å². The zero-order valence-corrected chi connectivity index (χ0v) is 25.0. The number of hydrogen-bond donors (Lipinski definition) is 0. The predicted molar refractivity (Wildman–Crippen MR) is 168 cm³/mol. The molecule has 4 aromatic carbocycles. The van der Waals surface area contributed by atoms with Crippen molar-refractivity contribution in [3.8, 4) is 17.2 Å². The van der Waals surface area contributed by atoms with Crippen LogP contribution in [0.2, 0.25) is 0 Å². The average molecular weight is 550 g/mol. The molecule has 1 fully saturated rings. The first kappa shape index (κ1) is 27.7. The van der Waals surface area contributed by atoms with Gasteiger partial charge in [-0.05, 0) is 65.4 Å². The van der Waals surface area contributed by atoms with E-state index in [-0.39, 0.29) is 17.3 Å². The zero-order valence-electron chi connectivity index (χ0n) is 25.0. The molecule has 214 valence electrons. The van der Waals surface area contributed by atoms with E-state index >= 15 is 0 Å². The molecule has 1 saturated heterocycles. The van der Waals surface area contributed by atoms with Gasteiger partial charge in [0, 0.05) is 35.6 Å². The van der Waals surface area contributed by atoms with Crippen molar-refractivity contribution in [2.24, 2.45) is 0 Å². The molecule has 1 heterocycles. The molecule has 2 aliphatic rings. The van der Waals surface area contributed by atoms with Crippen LogP contribution in [0.25, 0.3) is 10.8 Å². The third kappa shape index (κ3) is 5.19. The fourth-order valence-corrected chi connectivity index (χ4v) is 7.44. The van der Waals surface area contributed by atoms with Crippen molar-refractivity contribution in [1.82, 2.24) is 4.90 Å². The van der Waals surface area contributed by atoms with Crippen molar-refractivity contribution < 1.29 is 14.2 Å². The molecular weight excluding hydrogens is 506 g/mol. The highest BCUT2D eigenvalue weighted by atomic mass is 16.5. The SMILES string of the molecule is COc1cc(OCCN2CCCCCC2)c2c(c1)C(C)(C)[C@H](c1ccccc1)[C@H]2c1c(OC)ccc2ccccc12. The Morgan fingerprint density at radius 2 is 1.49 bits per heavy atom. The number of hydrogen-bond acceptors (Lipinski definition) is 4. The maximum absolute atomic E-state index is 6.79. The van der Waals surface area contributed by atoms with Crippen LogP contribution in [-0.2, 0) is 5.41 Å². The van der Waals surface area contributed by atoms with Gasteiger partial charge in [-0.1, -0.05) is 87.4 Å². The average Bonchev–Trinajstić information content (AvgIpc) is 3.14. The molecule has 4 nitrogen and oxygen atoms in total. The maximum Gasteiger partial charge on any atom is 0.127 e. The Bertz CT molecular complexity index is 1490. The first-order chi connectivity index (χ1) is 20.0. The number of likely N-dealkylation sites (tertiary alicyclic amines) is 1. The topological polar surface area (TPSA) is 30.9 Å². The lowest BCUT2D eigenvalue weighted by Gasteiger charge is -2.33. The van der Waals surface area contributed by atoms with Crippen LogP contribution >= 0.6 is 0 Å². The fourth-order valence-electron chi connectivity index (χ4n) is 7.44. The maximum atomic E-state index is 6.79. The lowest BCUT2D eigenvalue weighted by molar-refractivity contribution is 0.212. The second-order valence-corrected chi connectivity index (χ2v) is 12.2. The summed E-state index contributed by atoms with van der Waals surface area (Å²) in [6, 6.07) is 28.3. The number of benzene rings is 4. The van der Waals surface area contributed by atoms with Gasteiger partial charge in [0.25, 0.3) is 0 Å². The molecule has 0 N–H and O–H groups in total. The van der Waals surface area contributed by atoms with Crippen LogP contribution < -0.4 is 14.2 Å². The molecule has 0 aromatic heterocycles. The Morgan fingerprint density at radius 3 is 2.22 bits per heavy atom. The Labute approximate surface area is 245 Å². The number of ether oxygens (including phenoxy) is 3. The molecule has 41 heavy (non-hydrogen) atoms. The predicted octanol–water partition coefficient (Wildman–Crippen LogP) is 8.32. The monoisotopic (exact) mass is 549 g/mol. The molecule has 0 bridgehead atoms. The van der Waals surface area contributed by atoms with Crippen molar-refractivity contribution in [2.75, 3.05) is 40.5 Å². The molecule has 1 aliphatic carbocycles. The molecule has 0 saturated carbocycles. The van der Waals surface area contributed by atoms with E-state index in [1.807, 2.05) is 0 Å². The third-order valence-corrected chi connectivity index (χ3v) is 9.45. The van der Waals surface area contributed by atoms with Crippen molar-refractivity contribution in [3.63, 3.8) is 0 Å². The minimum absolute atomic E-state index is 0.0440. The Morgan fingerprint density at radius 1 is 0.756 bits per heavy atom. The number of rotatable bonds is 8. The van der Waals surface area contributed by atoms with Gasteiger partial charge in [-0.3, -0.25) is 4.90 Å². The number of nitrogens with zero attached hydrogens (tertiary/aromatic N) is 1. The molecule has 4 aromatic rings. The normalized spacial score (nSPS) is 20.4. The van der Waals surface area contributed by atoms with E-state index in [1.165, 1.54) is 71.8 Å². The Kier molecular flexibility index (Phi) is 7.94. The smallest absolute Gasteiger partial charge is 0.127 e. The first-order valence-electron chi connectivity index (χ1n) is 15.2. The molecule has 0 radical (unpaired) electrons. The second-order valence-electron chi connectivity index (χ2n) is 12.2. The first-order valence-corrected chi connectivity index (χ1v) is 15.2. The highest BCUT2D eigenvalue weighted by Crippen LogP contribution is 2.62. The van der Waals surface area contributed by atoms with Gasteiger partial charge in [-0.2, -0.15) is 0 Å². The molecule has 2 atom stereocenters. The van der Waals surface area contributed by atoms with Crippen molar-refractivity contribution in [3.05, 3.63) is 101 Å². The largest absolute Gasteiger partial charge is 0.497 e. The molecular formula is C37H43NO3. The molecule has 6 rings (SSSR count). The Hall–Kier alpha value is -3.50. The molecule has 4 heteroatoms. The van der Waals surface area contributed by atoms with Gasteiger partial charge in [0.1, 0.15) is 23.9 Å². The summed E-state index contributed by atoms with van der Waals surface area (Å²) in [5.41, 5.74) is 4.92. The van der Waals surface area contributed by atoms with Crippen molar-refractivity contribution in [1.29, 1.82) is 0 Å². The summed E-state index contributed by atoms with van der Waals surface area (Å²) in [5, 5.41) is 2.45. The highest BCUT2D eigenvalue weighted by Gasteiger charge is 2.50. The lowest BCUT2D eigenvalue weighted by atomic mass is 9.70. The molecule has 1 aliphatic heterocycles. The highest BCUT2D eigenvalue weighted by molar-refractivity contribution is 5.89. The van der Waals surface area contributed by atoms with Crippen LogP contribution in [0.1, 0.15) is 73.6 Å². The molecule has 0 spiro atoms. The van der Waals surface area contributed by atoms with Gasteiger partial charge in [-0.15, -0.1) is 0 Å². The summed E-state index contributed by atoms with van der Waals surface area (Å²) in [7, 11) is 3.54. The van der Waals surface area contributed by atoms with E-state index in [2.05, 4.69) is 97.6 Å². The van der Waals surface area contributed by atoms with E-state index in [0.29, 0.717) is 6.61 Å². The van der Waals surface area contributed by atoms with Crippen LogP contribution in [0.15, 0.2) is 78.9 Å². The third-order valence-electron chi connectivity index (χ3n) is 9.45. The van der Waals surface area contributed by atoms with Crippen LogP contribution in [0, 0.1) is 0 Å². The standard InChI is InChI=1S/C37H43NO3/c1-37(2)30-24-28(39-3)25-32(41-23-22-38-20-12-5-6-13-21-38)34(30)35(36(37)27-15-8-7-9-16-27)33-29-17-11-10-14-26(29)18-19-31(33)40-4/h7-11,14-19,24-25,35-36H,5-6,12-13,20-23H2,1-4H3/t35-,36+/m0/s1. The summed E-state index contributed by atoms with van der Waals surface area (Å²) in [4.78, 5) is 2.56. The summed E-state index contributed by atoms with van der Waals surface area (Å²) < 4.78 is 18.8. The minimum Gasteiger partial charge on any atom is -0.497 e. The summed E-state index contributed by atoms with van der Waals surface area (Å²) in [6.45, 7) is 8.69. The van der Waals surface area contributed by atoms with Gasteiger partial charge in [0.05, 0.1) is 14.2 Å². The summed E-state index contributed by atoms with van der Waals surface area (Å²) in [5.74, 6) is 2.92. The van der Waals surface area contributed by atoms with E-state index in [0.717, 1.165) is 23.8 Å². The van der Waals surface area contributed by atoms with Gasteiger partial charge in [0.2, 0.25) is 0 Å². The number of fused-ring (bicyclic) bond motifs is 2. The van der Waals surface area contributed by atoms with Gasteiger partial charge in [0.15, 0.2) is 0 Å². The van der Waals surface area contributed by atoms with Gasteiger partial charge < -0.3 is 14.2 Å². The van der Waals surface area contributed by atoms with Crippen LogP contribution in [0.4, 0.5) is 0 Å². The fraction of sp³-hybridized carbons (Fsp3) is 0.405. The van der Waals surface area contributed by atoms with Gasteiger partial charge in [-0.25, -0.2) is 0 Å². The lowest BCUT2D eigenvalue weighted by Crippen LogP contribution is -2.29. The van der Waals surface area contributed by atoms with E-state index in [9.17, 15) is 0 Å². The summed E-state index contributed by atoms with van der Waals surface area (Å²) >= 11 is 0. The number of methoxy groups -OCH3 is 2. The van der Waals surface area contributed by atoms with Crippen LogP contribution in [0.3, 0.4) is 0 Å². The van der Waals surface area contributed by atoms with Crippen molar-refractivity contribution in [2.45, 2.75) is 56.8 Å². The van der Waals surface area contributed by atoms with Crippen LogP contribution in [0.5, 0.6) is 17.2 Å². The van der Waals surface area contributed by atoms with Crippen molar-refractivity contribution >= 4 is 10.8 Å². The van der Waals surface area contributed by atoms with E-state index in [1.54, 1.807) is 14.2 Å². The summed E-state index contributed by atoms with van der Waals surface area (Å²) in [6.07, 6.45) is 5.24. The quantitative estimate of drug-likeness (QED) is 0.221. The molecule has 0 unspecified atom stereocenters. The Balaban J connectivity index is 1.53. The zero-order chi connectivity index (χ0) is 28.4. The molecule has 0 amide bonds. The van der Waals surface area contributed by atoms with Gasteiger partial charge >= 0.3 is 0 Å². The van der Waals surface area contributed by atoms with E-state index < -0.39 is 0 Å².